The summed E-state index contributed by atoms with van der Waals surface area (Å²) in [6, 6.07) is 16.3. The smallest absolute Gasteiger partial charge is 0.399 e. The van der Waals surface area contributed by atoms with Crippen molar-refractivity contribution in [3.05, 3.63) is 71.3 Å². The Morgan fingerprint density at radius 2 is 1.48 bits per heavy atom. The molecule has 2 heterocycles. The van der Waals surface area contributed by atoms with E-state index >= 15 is 0 Å². The van der Waals surface area contributed by atoms with Gasteiger partial charge in [-0.3, -0.25) is 4.79 Å². The van der Waals surface area contributed by atoms with Crippen LogP contribution in [-0.2, 0) is 15.7 Å². The van der Waals surface area contributed by atoms with Crippen LogP contribution < -0.4 is 11.2 Å². The maximum atomic E-state index is 11.3. The summed E-state index contributed by atoms with van der Waals surface area (Å²) in [7, 11) is -0.352. The molecule has 0 saturated carbocycles. The van der Waals surface area contributed by atoms with Gasteiger partial charge in [0.1, 0.15) is 5.82 Å². The zero-order valence-electron chi connectivity index (χ0n) is 18.5. The highest BCUT2D eigenvalue weighted by molar-refractivity contribution is 6.62. The molecule has 2 N–H and O–H groups in total. The number of aryl methyl sites for hydroxylation is 1. The summed E-state index contributed by atoms with van der Waals surface area (Å²) in [5, 5.41) is 4.17. The lowest BCUT2D eigenvalue weighted by Gasteiger charge is -2.32. The minimum absolute atomic E-state index is 0.0173. The van der Waals surface area contributed by atoms with E-state index in [1.54, 1.807) is 11.6 Å². The third kappa shape index (κ3) is 4.13. The normalized spacial score (nSPS) is 17.1. The number of carbonyl (C=O) groups is 1. The fraction of sp³-hybridized carbons (Fsp3) is 0.348. The summed E-state index contributed by atoms with van der Waals surface area (Å²) < 4.78 is 13.9. The van der Waals surface area contributed by atoms with Gasteiger partial charge in [0.05, 0.1) is 16.9 Å². The van der Waals surface area contributed by atoms with Gasteiger partial charge < -0.3 is 15.0 Å². The van der Waals surface area contributed by atoms with Crippen LogP contribution in [0.25, 0.3) is 5.69 Å². The molecule has 1 amide bonds. The number of carbonyl (C=O) groups excluding carboxylic acids is 1. The Balaban J connectivity index is 1.45. The fourth-order valence-corrected chi connectivity index (χ4v) is 3.50. The van der Waals surface area contributed by atoms with Crippen molar-refractivity contribution in [2.75, 3.05) is 0 Å². The molecule has 0 radical (unpaired) electrons. The SMILES string of the molecule is Cc1nc(C(N)=O)nn1-c1ccc(Cc2ccc(B3OC(C)(C)C(C)(C)O3)cc2)cc1. The Hall–Kier alpha value is -2.97. The summed E-state index contributed by atoms with van der Waals surface area (Å²) in [5.41, 5.74) is 8.78. The van der Waals surface area contributed by atoms with E-state index < -0.39 is 5.91 Å². The summed E-state index contributed by atoms with van der Waals surface area (Å²) >= 11 is 0. The lowest BCUT2D eigenvalue weighted by molar-refractivity contribution is 0.00578. The Morgan fingerprint density at radius 1 is 0.968 bits per heavy atom. The summed E-state index contributed by atoms with van der Waals surface area (Å²) in [4.78, 5) is 15.4. The predicted octanol–water partition coefficient (Wildman–Crippen LogP) is 2.56. The Morgan fingerprint density at radius 3 is 1.97 bits per heavy atom. The molecule has 160 valence electrons. The minimum atomic E-state index is -0.637. The molecule has 0 bridgehead atoms. The zero-order chi connectivity index (χ0) is 22.4. The molecule has 1 aliphatic rings. The number of hydrogen-bond acceptors (Lipinski definition) is 5. The second-order valence-electron chi connectivity index (χ2n) is 8.93. The van der Waals surface area contributed by atoms with Crippen LogP contribution in [0.1, 0.15) is 55.3 Å². The van der Waals surface area contributed by atoms with Crippen molar-refractivity contribution in [1.29, 1.82) is 0 Å². The van der Waals surface area contributed by atoms with Crippen LogP contribution in [0.5, 0.6) is 0 Å². The molecule has 3 aromatic rings. The van der Waals surface area contributed by atoms with Crippen molar-refractivity contribution in [2.45, 2.75) is 52.2 Å². The second kappa shape index (κ2) is 7.62. The maximum absolute atomic E-state index is 11.3. The number of primary amides is 1. The third-order valence-electron chi connectivity index (χ3n) is 6.08. The molecular weight excluding hydrogens is 391 g/mol. The molecule has 0 aliphatic carbocycles. The topological polar surface area (TPSA) is 92.3 Å². The van der Waals surface area contributed by atoms with Crippen molar-refractivity contribution in [1.82, 2.24) is 14.8 Å². The number of benzene rings is 2. The van der Waals surface area contributed by atoms with Crippen LogP contribution in [0, 0.1) is 6.92 Å². The van der Waals surface area contributed by atoms with E-state index in [4.69, 9.17) is 15.0 Å². The van der Waals surface area contributed by atoms with E-state index in [2.05, 4.69) is 62.0 Å². The van der Waals surface area contributed by atoms with Crippen molar-refractivity contribution in [3.63, 3.8) is 0 Å². The molecule has 8 heteroatoms. The number of hydrogen-bond donors (Lipinski definition) is 1. The molecule has 0 atom stereocenters. The van der Waals surface area contributed by atoms with E-state index in [1.165, 1.54) is 11.1 Å². The van der Waals surface area contributed by atoms with E-state index in [1.807, 2.05) is 24.3 Å². The van der Waals surface area contributed by atoms with Gasteiger partial charge in [-0.2, -0.15) is 0 Å². The maximum Gasteiger partial charge on any atom is 0.494 e. The lowest BCUT2D eigenvalue weighted by atomic mass is 9.78. The molecule has 31 heavy (non-hydrogen) atoms. The summed E-state index contributed by atoms with van der Waals surface area (Å²) in [6.07, 6.45) is 0.798. The van der Waals surface area contributed by atoms with E-state index in [0.717, 1.165) is 17.6 Å². The first-order valence-corrected chi connectivity index (χ1v) is 10.3. The van der Waals surface area contributed by atoms with Crippen LogP contribution in [0.4, 0.5) is 0 Å². The molecule has 7 nitrogen and oxygen atoms in total. The average molecular weight is 418 g/mol. The molecule has 2 aromatic carbocycles. The molecule has 1 aliphatic heterocycles. The highest BCUT2D eigenvalue weighted by atomic mass is 16.7. The van der Waals surface area contributed by atoms with Gasteiger partial charge in [0, 0.05) is 0 Å². The Labute approximate surface area is 182 Å². The monoisotopic (exact) mass is 418 g/mol. The molecule has 1 aromatic heterocycles. The van der Waals surface area contributed by atoms with Crippen LogP contribution >= 0.6 is 0 Å². The van der Waals surface area contributed by atoms with Crippen LogP contribution in [0.2, 0.25) is 0 Å². The first kappa shape index (κ1) is 21.3. The van der Waals surface area contributed by atoms with Gasteiger partial charge in [-0.25, -0.2) is 9.67 Å². The number of aromatic nitrogens is 3. The predicted molar refractivity (Wildman–Crippen MR) is 120 cm³/mol. The van der Waals surface area contributed by atoms with Gasteiger partial charge in [-0.1, -0.05) is 36.4 Å². The highest BCUT2D eigenvalue weighted by Crippen LogP contribution is 2.36. The molecule has 1 fully saturated rings. The van der Waals surface area contributed by atoms with Crippen molar-refractivity contribution >= 4 is 18.5 Å². The van der Waals surface area contributed by atoms with Crippen molar-refractivity contribution in [3.8, 4) is 5.69 Å². The van der Waals surface area contributed by atoms with E-state index in [0.29, 0.717) is 5.82 Å². The standard InChI is InChI=1S/C23H27BN4O3/c1-15-26-21(20(25)29)27-28(15)19-12-8-17(9-13-19)14-16-6-10-18(11-7-16)24-30-22(2,3)23(4,5)31-24/h6-13H,14H2,1-5H3,(H2,25,29). The highest BCUT2D eigenvalue weighted by Gasteiger charge is 2.51. The summed E-state index contributed by atoms with van der Waals surface area (Å²) in [5.74, 6) is -0.00837. The van der Waals surface area contributed by atoms with Gasteiger partial charge in [-0.15, -0.1) is 5.10 Å². The van der Waals surface area contributed by atoms with E-state index in [-0.39, 0.29) is 24.1 Å². The van der Waals surface area contributed by atoms with Crippen LogP contribution in [0.3, 0.4) is 0 Å². The quantitative estimate of drug-likeness (QED) is 0.643. The zero-order valence-corrected chi connectivity index (χ0v) is 18.5. The summed E-state index contributed by atoms with van der Waals surface area (Å²) in [6.45, 7) is 10.0. The molecule has 4 rings (SSSR count). The largest absolute Gasteiger partial charge is 0.494 e. The third-order valence-corrected chi connectivity index (χ3v) is 6.08. The van der Waals surface area contributed by atoms with E-state index in [9.17, 15) is 4.79 Å². The minimum Gasteiger partial charge on any atom is -0.399 e. The number of rotatable bonds is 5. The van der Waals surface area contributed by atoms with Crippen LogP contribution in [0.15, 0.2) is 48.5 Å². The molecule has 0 unspecified atom stereocenters. The molecular formula is C23H27BN4O3. The lowest BCUT2D eigenvalue weighted by Crippen LogP contribution is -2.41. The second-order valence-corrected chi connectivity index (χ2v) is 8.93. The van der Waals surface area contributed by atoms with Crippen molar-refractivity contribution < 1.29 is 14.1 Å². The number of nitrogens with two attached hydrogens (primary N) is 1. The van der Waals surface area contributed by atoms with Crippen molar-refractivity contribution in [2.24, 2.45) is 5.73 Å². The number of amides is 1. The van der Waals surface area contributed by atoms with Gasteiger partial charge in [0.25, 0.3) is 5.91 Å². The fourth-order valence-electron chi connectivity index (χ4n) is 3.50. The Kier molecular flexibility index (Phi) is 5.23. The van der Waals surface area contributed by atoms with Crippen LogP contribution in [-0.4, -0.2) is 39.0 Å². The van der Waals surface area contributed by atoms with Gasteiger partial charge in [0.15, 0.2) is 0 Å². The first-order chi connectivity index (χ1) is 14.6. The molecule has 1 saturated heterocycles. The average Bonchev–Trinajstić information content (AvgIpc) is 3.19. The van der Waals surface area contributed by atoms with Gasteiger partial charge in [0.2, 0.25) is 5.82 Å². The van der Waals surface area contributed by atoms with Gasteiger partial charge >= 0.3 is 7.12 Å². The molecule has 0 spiro atoms. The first-order valence-electron chi connectivity index (χ1n) is 10.3. The Bertz CT molecular complexity index is 1090. The van der Waals surface area contributed by atoms with Gasteiger partial charge in [-0.05, 0) is 69.8 Å². The number of nitrogens with zero attached hydrogens (tertiary/aromatic N) is 3.